The summed E-state index contributed by atoms with van der Waals surface area (Å²) in [7, 11) is 5.87. The van der Waals surface area contributed by atoms with Crippen molar-refractivity contribution in [1.82, 2.24) is 4.90 Å². The van der Waals surface area contributed by atoms with E-state index in [1.54, 1.807) is 14.2 Å². The maximum atomic E-state index is 5.15. The molecule has 0 saturated carbocycles. The molecule has 0 aromatic rings. The number of hydrogen-bond donors (Lipinski definition) is 0. The van der Waals surface area contributed by atoms with Crippen LogP contribution in [0.1, 0.15) is 0 Å². The van der Waals surface area contributed by atoms with Gasteiger partial charge in [0.05, 0.1) is 33.4 Å². The first kappa shape index (κ1) is 12.9. The Kier molecular flexibility index (Phi) is 5.53. The molecule has 1 aliphatic heterocycles. The average Bonchev–Trinajstić information content (AvgIpc) is 2.26. The molecule has 1 heterocycles. The number of nitrogens with zero attached hydrogens (tertiary/aromatic N) is 2. The Morgan fingerprint density at radius 1 is 1.07 bits per heavy atom. The Labute approximate surface area is 93.3 Å². The molecule has 1 rings (SSSR count). The molecule has 4 nitrogen and oxygen atoms in total. The molecule has 15 heavy (non-hydrogen) atoms. The molecule has 0 unspecified atom stereocenters. The van der Waals surface area contributed by atoms with Gasteiger partial charge in [-0.2, -0.15) is 0 Å². The number of methoxy groups -OCH3 is 2. The predicted molar refractivity (Wildman–Crippen MR) is 61.0 cm³/mol. The van der Waals surface area contributed by atoms with E-state index in [2.05, 4.69) is 11.9 Å². The largest absolute Gasteiger partial charge is 0.383 e. The molecule has 1 saturated heterocycles. The molecule has 90 valence electrons. The van der Waals surface area contributed by atoms with Crippen molar-refractivity contribution in [2.45, 2.75) is 0 Å². The summed E-state index contributed by atoms with van der Waals surface area (Å²) in [5.74, 6) is 0. The van der Waals surface area contributed by atoms with Gasteiger partial charge in [-0.15, -0.1) is 0 Å². The molecular weight excluding hydrogens is 192 g/mol. The van der Waals surface area contributed by atoms with Crippen LogP contribution >= 0.6 is 0 Å². The third-order valence-corrected chi connectivity index (χ3v) is 3.36. The van der Waals surface area contributed by atoms with Crippen LogP contribution in [0.25, 0.3) is 0 Å². The second kappa shape index (κ2) is 6.43. The summed E-state index contributed by atoms with van der Waals surface area (Å²) >= 11 is 0. The maximum absolute atomic E-state index is 5.15. The number of hydrogen-bond acceptors (Lipinski definition) is 3. The summed E-state index contributed by atoms with van der Waals surface area (Å²) < 4.78 is 11.4. The van der Waals surface area contributed by atoms with Crippen molar-refractivity contribution in [2.24, 2.45) is 0 Å². The minimum atomic E-state index is 0.849. The van der Waals surface area contributed by atoms with Crippen LogP contribution in [-0.4, -0.2) is 83.1 Å². The second-order valence-corrected chi connectivity index (χ2v) is 4.62. The standard InChI is InChI=1S/C11H25N2O2/c1-13(9-11-15-3)7-4-12(5-8-13)6-10-14-2/h4-11H2,1-3H3/q+1. The molecule has 0 atom stereocenters. The lowest BCUT2D eigenvalue weighted by atomic mass is 10.2. The summed E-state index contributed by atoms with van der Waals surface area (Å²) in [6.45, 7) is 8.75. The highest BCUT2D eigenvalue weighted by atomic mass is 16.5. The van der Waals surface area contributed by atoms with Crippen LogP contribution in [0.15, 0.2) is 0 Å². The Bertz CT molecular complexity index is 168. The molecule has 1 aliphatic rings. The normalized spacial score (nSPS) is 21.8. The molecule has 0 amide bonds. The highest BCUT2D eigenvalue weighted by molar-refractivity contribution is 4.62. The first-order valence-electron chi connectivity index (χ1n) is 5.74. The predicted octanol–water partition coefficient (Wildman–Crippen LogP) is 0.0414. The van der Waals surface area contributed by atoms with Crippen molar-refractivity contribution in [3.63, 3.8) is 0 Å². The number of ether oxygens (including phenoxy) is 2. The van der Waals surface area contributed by atoms with Gasteiger partial charge in [0.25, 0.3) is 0 Å². The fraction of sp³-hybridized carbons (Fsp3) is 1.00. The van der Waals surface area contributed by atoms with E-state index in [0.717, 1.165) is 30.8 Å². The SMILES string of the molecule is COCCN1CC[N+](C)(CCOC)CC1. The Morgan fingerprint density at radius 3 is 2.20 bits per heavy atom. The summed E-state index contributed by atoms with van der Waals surface area (Å²) in [6, 6.07) is 0. The van der Waals surface area contributed by atoms with E-state index in [1.807, 2.05) is 0 Å². The first-order chi connectivity index (χ1) is 7.20. The number of piperazine rings is 1. The van der Waals surface area contributed by atoms with E-state index in [-0.39, 0.29) is 0 Å². The topological polar surface area (TPSA) is 21.7 Å². The molecule has 0 bridgehead atoms. The van der Waals surface area contributed by atoms with Crippen LogP contribution in [0.3, 0.4) is 0 Å². The van der Waals surface area contributed by atoms with Crippen LogP contribution in [0.4, 0.5) is 0 Å². The van der Waals surface area contributed by atoms with E-state index in [0.29, 0.717) is 0 Å². The smallest absolute Gasteiger partial charge is 0.102 e. The van der Waals surface area contributed by atoms with Crippen molar-refractivity contribution in [1.29, 1.82) is 0 Å². The lowest BCUT2D eigenvalue weighted by Gasteiger charge is -2.41. The van der Waals surface area contributed by atoms with Gasteiger partial charge in [0, 0.05) is 33.9 Å². The van der Waals surface area contributed by atoms with Gasteiger partial charge in [0.1, 0.15) is 6.54 Å². The Hall–Kier alpha value is -0.160. The zero-order chi connectivity index (χ0) is 11.1. The van der Waals surface area contributed by atoms with Crippen LogP contribution in [0.2, 0.25) is 0 Å². The van der Waals surface area contributed by atoms with Gasteiger partial charge in [-0.05, 0) is 0 Å². The van der Waals surface area contributed by atoms with Crippen molar-refractivity contribution in [3.8, 4) is 0 Å². The Morgan fingerprint density at radius 2 is 1.67 bits per heavy atom. The fourth-order valence-electron chi connectivity index (χ4n) is 1.97. The second-order valence-electron chi connectivity index (χ2n) is 4.62. The summed E-state index contributed by atoms with van der Waals surface area (Å²) in [5, 5.41) is 0. The molecule has 0 N–H and O–H groups in total. The van der Waals surface area contributed by atoms with Crippen LogP contribution < -0.4 is 0 Å². The lowest BCUT2D eigenvalue weighted by molar-refractivity contribution is -0.913. The van der Waals surface area contributed by atoms with Gasteiger partial charge in [0.2, 0.25) is 0 Å². The summed E-state index contributed by atoms with van der Waals surface area (Å²) in [6.07, 6.45) is 0. The quantitative estimate of drug-likeness (QED) is 0.587. The number of quaternary nitrogens is 1. The molecular formula is C11H25N2O2+. The molecule has 0 radical (unpaired) electrons. The minimum Gasteiger partial charge on any atom is -0.383 e. The van der Waals surface area contributed by atoms with Crippen LogP contribution in [0, 0.1) is 0 Å². The lowest BCUT2D eigenvalue weighted by Crippen LogP contribution is -2.58. The minimum absolute atomic E-state index is 0.849. The summed E-state index contributed by atoms with van der Waals surface area (Å²) in [4.78, 5) is 2.48. The van der Waals surface area contributed by atoms with Crippen molar-refractivity contribution in [3.05, 3.63) is 0 Å². The van der Waals surface area contributed by atoms with E-state index in [4.69, 9.17) is 9.47 Å². The van der Waals surface area contributed by atoms with Gasteiger partial charge in [-0.25, -0.2) is 0 Å². The third-order valence-electron chi connectivity index (χ3n) is 3.36. The average molecular weight is 217 g/mol. The van der Waals surface area contributed by atoms with E-state index in [9.17, 15) is 0 Å². The van der Waals surface area contributed by atoms with Gasteiger partial charge >= 0.3 is 0 Å². The monoisotopic (exact) mass is 217 g/mol. The molecule has 0 spiro atoms. The van der Waals surface area contributed by atoms with E-state index < -0.39 is 0 Å². The zero-order valence-corrected chi connectivity index (χ0v) is 10.4. The Balaban J connectivity index is 2.21. The molecule has 4 heteroatoms. The van der Waals surface area contributed by atoms with Crippen molar-refractivity contribution < 1.29 is 14.0 Å². The molecule has 0 aromatic carbocycles. The third kappa shape index (κ3) is 4.47. The van der Waals surface area contributed by atoms with Gasteiger partial charge < -0.3 is 14.0 Å². The van der Waals surface area contributed by atoms with E-state index >= 15 is 0 Å². The molecule has 1 fully saturated rings. The zero-order valence-electron chi connectivity index (χ0n) is 10.4. The number of likely N-dealkylation sites (N-methyl/N-ethyl adjacent to an activating group) is 1. The van der Waals surface area contributed by atoms with Crippen LogP contribution in [-0.2, 0) is 9.47 Å². The highest BCUT2D eigenvalue weighted by Crippen LogP contribution is 2.09. The van der Waals surface area contributed by atoms with Crippen molar-refractivity contribution in [2.75, 3.05) is 73.7 Å². The maximum Gasteiger partial charge on any atom is 0.102 e. The van der Waals surface area contributed by atoms with Gasteiger partial charge in [-0.3, -0.25) is 4.90 Å². The van der Waals surface area contributed by atoms with E-state index in [1.165, 1.54) is 26.2 Å². The number of rotatable bonds is 6. The summed E-state index contributed by atoms with van der Waals surface area (Å²) in [5.41, 5.74) is 0. The van der Waals surface area contributed by atoms with Crippen LogP contribution in [0.5, 0.6) is 0 Å². The first-order valence-corrected chi connectivity index (χ1v) is 5.74. The van der Waals surface area contributed by atoms with Gasteiger partial charge in [-0.1, -0.05) is 0 Å². The highest BCUT2D eigenvalue weighted by Gasteiger charge is 2.27. The van der Waals surface area contributed by atoms with Gasteiger partial charge in [0.15, 0.2) is 0 Å². The molecule has 0 aromatic heterocycles. The van der Waals surface area contributed by atoms with Crippen molar-refractivity contribution >= 4 is 0 Å². The fourth-order valence-corrected chi connectivity index (χ4v) is 1.97. The molecule has 0 aliphatic carbocycles.